The van der Waals surface area contributed by atoms with E-state index in [-0.39, 0.29) is 11.5 Å². The summed E-state index contributed by atoms with van der Waals surface area (Å²) in [5.41, 5.74) is 4.21. The number of carboxylic acid groups (broad SMARTS) is 1. The Morgan fingerprint density at radius 3 is 2.62 bits per heavy atom. The summed E-state index contributed by atoms with van der Waals surface area (Å²) < 4.78 is 13.9. The van der Waals surface area contributed by atoms with Crippen LogP contribution in [0.1, 0.15) is 22.3 Å². The predicted octanol–water partition coefficient (Wildman–Crippen LogP) is 6.22. The molecule has 5 rings (SSSR count). The lowest BCUT2D eigenvalue weighted by atomic mass is 10.00. The quantitative estimate of drug-likeness (QED) is 0.148. The molecule has 1 fully saturated rings. The Balaban J connectivity index is 1.27. The lowest BCUT2D eigenvalue weighted by molar-refractivity contribution is -0.122. The highest BCUT2D eigenvalue weighted by Gasteiger charge is 2.31. The maximum atomic E-state index is 13.1. The number of carboxylic acids is 1. The van der Waals surface area contributed by atoms with Crippen molar-refractivity contribution in [2.45, 2.75) is 6.42 Å². The number of thioether (sulfide) groups is 1. The molecule has 0 bridgehead atoms. The molecule has 0 spiro atoms. The van der Waals surface area contributed by atoms with Gasteiger partial charge in [0, 0.05) is 36.3 Å². The molecule has 0 atom stereocenters. The number of aromatic carboxylic acids is 1. The molecular formula is C30H26N2O5S2. The highest BCUT2D eigenvalue weighted by Crippen LogP contribution is 2.36. The highest BCUT2D eigenvalue weighted by atomic mass is 32.2. The van der Waals surface area contributed by atoms with E-state index in [1.807, 2.05) is 37.5 Å². The van der Waals surface area contributed by atoms with Crippen LogP contribution in [0.15, 0.2) is 77.8 Å². The monoisotopic (exact) mass is 558 g/mol. The summed E-state index contributed by atoms with van der Waals surface area (Å²) >= 11 is 6.78. The number of rotatable bonds is 9. The van der Waals surface area contributed by atoms with Crippen LogP contribution >= 0.6 is 24.0 Å². The number of carbonyl (C=O) groups is 2. The minimum atomic E-state index is -0.983. The molecule has 0 radical (unpaired) electrons. The third-order valence-corrected chi connectivity index (χ3v) is 7.86. The van der Waals surface area contributed by atoms with E-state index in [2.05, 4.69) is 28.8 Å². The van der Waals surface area contributed by atoms with Gasteiger partial charge in [0.1, 0.15) is 15.8 Å². The zero-order chi connectivity index (χ0) is 27.5. The molecule has 4 aromatic rings. The van der Waals surface area contributed by atoms with Gasteiger partial charge in [-0.2, -0.15) is 0 Å². The smallest absolute Gasteiger partial charge is 0.335 e. The van der Waals surface area contributed by atoms with E-state index in [9.17, 15) is 9.59 Å². The van der Waals surface area contributed by atoms with Crippen LogP contribution in [-0.2, 0) is 11.8 Å². The van der Waals surface area contributed by atoms with Gasteiger partial charge < -0.3 is 19.1 Å². The number of fused-ring (bicyclic) bond motifs is 1. The molecule has 0 aliphatic carbocycles. The van der Waals surface area contributed by atoms with E-state index >= 15 is 0 Å². The molecule has 1 saturated heterocycles. The van der Waals surface area contributed by atoms with Crippen LogP contribution in [0.4, 0.5) is 0 Å². The summed E-state index contributed by atoms with van der Waals surface area (Å²) in [6.07, 6.45) is 4.48. The lowest BCUT2D eigenvalue weighted by Crippen LogP contribution is -2.29. The molecule has 3 aromatic carbocycles. The summed E-state index contributed by atoms with van der Waals surface area (Å²) in [7, 11) is 3.67. The molecule has 1 aromatic heterocycles. The molecule has 0 saturated carbocycles. The largest absolute Gasteiger partial charge is 0.496 e. The Labute approximate surface area is 235 Å². The van der Waals surface area contributed by atoms with Crippen molar-refractivity contribution >= 4 is 57.2 Å². The molecular weight excluding hydrogens is 532 g/mol. The topological polar surface area (TPSA) is 81.0 Å². The second-order valence-electron chi connectivity index (χ2n) is 9.02. The van der Waals surface area contributed by atoms with E-state index in [0.717, 1.165) is 33.3 Å². The number of hydrogen-bond donors (Lipinski definition) is 1. The summed E-state index contributed by atoms with van der Waals surface area (Å²) in [5, 5.41) is 10.1. The number of aromatic nitrogens is 1. The van der Waals surface area contributed by atoms with E-state index in [4.69, 9.17) is 26.8 Å². The zero-order valence-electron chi connectivity index (χ0n) is 21.4. The minimum Gasteiger partial charge on any atom is -0.496 e. The average Bonchev–Trinajstić information content (AvgIpc) is 3.44. The first kappa shape index (κ1) is 26.5. The van der Waals surface area contributed by atoms with Gasteiger partial charge >= 0.3 is 5.97 Å². The van der Waals surface area contributed by atoms with Crippen LogP contribution in [0.2, 0.25) is 0 Å². The number of amides is 1. The van der Waals surface area contributed by atoms with Crippen molar-refractivity contribution < 1.29 is 24.2 Å². The van der Waals surface area contributed by atoms with Gasteiger partial charge in [-0.25, -0.2) is 4.79 Å². The Morgan fingerprint density at radius 1 is 1.08 bits per heavy atom. The summed E-state index contributed by atoms with van der Waals surface area (Å²) in [5.74, 6) is 0.224. The minimum absolute atomic E-state index is 0.126. The Bertz CT molecular complexity index is 1610. The van der Waals surface area contributed by atoms with Gasteiger partial charge in [-0.15, -0.1) is 0 Å². The second kappa shape index (κ2) is 11.3. The van der Waals surface area contributed by atoms with Gasteiger partial charge in [0.25, 0.3) is 5.91 Å². The van der Waals surface area contributed by atoms with Crippen molar-refractivity contribution in [1.82, 2.24) is 9.47 Å². The van der Waals surface area contributed by atoms with Gasteiger partial charge in [0.2, 0.25) is 0 Å². The third-order valence-electron chi connectivity index (χ3n) is 6.49. The Kier molecular flexibility index (Phi) is 7.72. The normalized spacial score (nSPS) is 14.4. The van der Waals surface area contributed by atoms with E-state index in [1.54, 1.807) is 24.1 Å². The first-order valence-electron chi connectivity index (χ1n) is 12.3. The standard InChI is InChI=1S/C30H26N2O5S2/c1-31-14-12-22-18-21(7-10-25(22)31)24-16-19(4-11-26(24)36-2)17-27-28(33)32(30(38)39-27)13-3-15-37-23-8-5-20(6-9-23)29(34)35/h4-12,14,16-18H,3,13,15H2,1-2H3,(H,34,35)/b27-17-. The molecule has 1 amide bonds. The van der Waals surface area contributed by atoms with Crippen LogP contribution in [0.25, 0.3) is 28.1 Å². The second-order valence-corrected chi connectivity index (χ2v) is 10.7. The number of carbonyl (C=O) groups excluding carboxylic acids is 1. The van der Waals surface area contributed by atoms with Crippen molar-refractivity contribution in [1.29, 1.82) is 0 Å². The maximum Gasteiger partial charge on any atom is 0.335 e. The number of nitrogens with zero attached hydrogens (tertiary/aromatic N) is 2. The molecule has 198 valence electrons. The predicted molar refractivity (Wildman–Crippen MR) is 158 cm³/mol. The van der Waals surface area contributed by atoms with Crippen LogP contribution in [-0.4, -0.2) is 51.0 Å². The number of benzene rings is 3. The van der Waals surface area contributed by atoms with Gasteiger partial charge in [0.05, 0.1) is 24.2 Å². The highest BCUT2D eigenvalue weighted by molar-refractivity contribution is 8.26. The number of hydrogen-bond acceptors (Lipinski definition) is 6. The maximum absolute atomic E-state index is 13.1. The number of thiocarbonyl (C=S) groups is 1. The van der Waals surface area contributed by atoms with Crippen molar-refractivity contribution in [3.63, 3.8) is 0 Å². The molecule has 39 heavy (non-hydrogen) atoms. The SMILES string of the molecule is COc1ccc(/C=C2\SC(=S)N(CCCOc3ccc(C(=O)O)cc3)C2=O)cc1-c1ccc2c(ccn2C)c1. The number of methoxy groups -OCH3 is 1. The fraction of sp³-hybridized carbons (Fsp3) is 0.167. The van der Waals surface area contributed by atoms with Crippen molar-refractivity contribution in [3.05, 3.63) is 89.0 Å². The fourth-order valence-corrected chi connectivity index (χ4v) is 5.75. The van der Waals surface area contributed by atoms with Crippen molar-refractivity contribution in [3.8, 4) is 22.6 Å². The van der Waals surface area contributed by atoms with E-state index in [0.29, 0.717) is 34.5 Å². The van der Waals surface area contributed by atoms with Gasteiger partial charge in [-0.3, -0.25) is 9.69 Å². The van der Waals surface area contributed by atoms with Crippen LogP contribution in [0, 0.1) is 0 Å². The Morgan fingerprint density at radius 2 is 1.87 bits per heavy atom. The first-order valence-corrected chi connectivity index (χ1v) is 13.5. The van der Waals surface area contributed by atoms with Gasteiger partial charge in [0.15, 0.2) is 0 Å². The van der Waals surface area contributed by atoms with Crippen LogP contribution in [0.3, 0.4) is 0 Å². The molecule has 0 unspecified atom stereocenters. The zero-order valence-corrected chi connectivity index (χ0v) is 23.1. The van der Waals surface area contributed by atoms with Gasteiger partial charge in [-0.1, -0.05) is 36.1 Å². The first-order chi connectivity index (χ1) is 18.8. The van der Waals surface area contributed by atoms with Crippen molar-refractivity contribution in [2.24, 2.45) is 7.05 Å². The van der Waals surface area contributed by atoms with Crippen molar-refractivity contribution in [2.75, 3.05) is 20.3 Å². The summed E-state index contributed by atoms with van der Waals surface area (Å²) in [4.78, 5) is 26.3. The number of ether oxygens (including phenoxy) is 2. The third kappa shape index (κ3) is 5.69. The molecule has 1 N–H and O–H groups in total. The van der Waals surface area contributed by atoms with E-state index in [1.165, 1.54) is 23.9 Å². The average molecular weight is 559 g/mol. The molecule has 1 aliphatic heterocycles. The molecule has 2 heterocycles. The Hall–Kier alpha value is -4.08. The number of aryl methyl sites for hydroxylation is 1. The fourth-order valence-electron chi connectivity index (χ4n) is 4.44. The van der Waals surface area contributed by atoms with Crippen LogP contribution < -0.4 is 9.47 Å². The summed E-state index contributed by atoms with van der Waals surface area (Å²) in [6, 6.07) is 20.5. The van der Waals surface area contributed by atoms with Gasteiger partial charge in [-0.05, 0) is 78.2 Å². The molecule has 1 aliphatic rings. The van der Waals surface area contributed by atoms with Crippen LogP contribution in [0.5, 0.6) is 11.5 Å². The molecule has 9 heteroatoms. The molecule has 7 nitrogen and oxygen atoms in total. The summed E-state index contributed by atoms with van der Waals surface area (Å²) in [6.45, 7) is 0.802. The van der Waals surface area contributed by atoms with E-state index < -0.39 is 5.97 Å². The lowest BCUT2D eigenvalue weighted by Gasteiger charge is -2.14.